The van der Waals surface area contributed by atoms with Crippen molar-refractivity contribution in [3.63, 3.8) is 0 Å². The lowest BCUT2D eigenvalue weighted by atomic mass is 9.97. The highest BCUT2D eigenvalue weighted by molar-refractivity contribution is 5.89. The minimum Gasteiger partial charge on any atom is -0.345 e. The Balaban J connectivity index is 1.61. The predicted molar refractivity (Wildman–Crippen MR) is 117 cm³/mol. The SMILES string of the molecule is CC(C)CN1C[C@@H](C(=O)N[C@H](c2ccccc2)c2ccc3nc(C(F)(F)F)[nH]c3c2)CC1=O. The lowest BCUT2D eigenvalue weighted by Crippen LogP contribution is -2.36. The van der Waals surface area contributed by atoms with Crippen LogP contribution in [0.15, 0.2) is 48.5 Å². The topological polar surface area (TPSA) is 78.1 Å². The molecule has 1 aromatic heterocycles. The van der Waals surface area contributed by atoms with E-state index < -0.39 is 24.0 Å². The molecule has 2 N–H and O–H groups in total. The molecule has 33 heavy (non-hydrogen) atoms. The molecular formula is C24H25F3N4O2. The Hall–Kier alpha value is -3.36. The quantitative estimate of drug-likeness (QED) is 0.579. The maximum absolute atomic E-state index is 13.1. The van der Waals surface area contributed by atoms with Crippen LogP contribution in [0.25, 0.3) is 11.0 Å². The van der Waals surface area contributed by atoms with Crippen molar-refractivity contribution in [2.24, 2.45) is 11.8 Å². The zero-order valence-electron chi connectivity index (χ0n) is 18.3. The van der Waals surface area contributed by atoms with Gasteiger partial charge in [0.05, 0.1) is 23.0 Å². The van der Waals surface area contributed by atoms with Crippen LogP contribution in [0.3, 0.4) is 0 Å². The number of halogens is 3. The van der Waals surface area contributed by atoms with Gasteiger partial charge in [-0.1, -0.05) is 50.2 Å². The smallest absolute Gasteiger partial charge is 0.345 e. The third-order valence-electron chi connectivity index (χ3n) is 5.70. The Morgan fingerprint density at radius 1 is 1.18 bits per heavy atom. The normalized spacial score (nSPS) is 17.7. The molecule has 2 atom stereocenters. The predicted octanol–water partition coefficient (Wildman–Crippen LogP) is 4.29. The lowest BCUT2D eigenvalue weighted by Gasteiger charge is -2.22. The molecule has 2 aromatic carbocycles. The minimum absolute atomic E-state index is 0.0429. The molecule has 9 heteroatoms. The van der Waals surface area contributed by atoms with Gasteiger partial charge in [0.25, 0.3) is 0 Å². The molecule has 1 saturated heterocycles. The maximum Gasteiger partial charge on any atom is 0.449 e. The van der Waals surface area contributed by atoms with Gasteiger partial charge in [-0.3, -0.25) is 9.59 Å². The first-order valence-electron chi connectivity index (χ1n) is 10.8. The number of fused-ring (bicyclic) bond motifs is 1. The molecule has 1 aliphatic rings. The number of likely N-dealkylation sites (tertiary alicyclic amines) is 1. The number of aromatic nitrogens is 2. The van der Waals surface area contributed by atoms with Crippen LogP contribution in [-0.2, 0) is 15.8 Å². The number of amides is 2. The number of H-pyrrole nitrogens is 1. The van der Waals surface area contributed by atoms with E-state index in [0.29, 0.717) is 24.6 Å². The fourth-order valence-electron chi connectivity index (χ4n) is 4.17. The van der Waals surface area contributed by atoms with Crippen LogP contribution in [0.1, 0.15) is 43.3 Å². The first kappa shape index (κ1) is 22.8. The average molecular weight is 458 g/mol. The number of carbonyl (C=O) groups excluding carboxylic acids is 2. The van der Waals surface area contributed by atoms with Gasteiger partial charge >= 0.3 is 6.18 Å². The molecule has 0 aliphatic carbocycles. The molecule has 0 unspecified atom stereocenters. The van der Waals surface area contributed by atoms with Gasteiger partial charge < -0.3 is 15.2 Å². The standard InChI is InChI=1S/C24H25F3N4O2/c1-14(2)12-31-13-17(11-20(31)32)22(33)30-21(15-6-4-3-5-7-15)16-8-9-18-19(10-16)29-23(28-18)24(25,26)27/h3-10,14,17,21H,11-13H2,1-2H3,(H,28,29)(H,30,33)/t17-,21+/m0/s1. The van der Waals surface area contributed by atoms with E-state index in [4.69, 9.17) is 0 Å². The number of hydrogen-bond donors (Lipinski definition) is 2. The molecule has 2 amide bonds. The fourth-order valence-corrected chi connectivity index (χ4v) is 4.17. The minimum atomic E-state index is -4.58. The van der Waals surface area contributed by atoms with Gasteiger partial charge in [0, 0.05) is 19.5 Å². The van der Waals surface area contributed by atoms with Crippen LogP contribution >= 0.6 is 0 Å². The van der Waals surface area contributed by atoms with Crippen molar-refractivity contribution < 1.29 is 22.8 Å². The molecule has 2 heterocycles. The summed E-state index contributed by atoms with van der Waals surface area (Å²) in [4.78, 5) is 33.1. The van der Waals surface area contributed by atoms with Crippen molar-refractivity contribution in [1.29, 1.82) is 0 Å². The van der Waals surface area contributed by atoms with E-state index in [2.05, 4.69) is 15.3 Å². The Kier molecular flexibility index (Phi) is 6.14. The van der Waals surface area contributed by atoms with Crippen molar-refractivity contribution in [1.82, 2.24) is 20.2 Å². The number of hydrogen-bond acceptors (Lipinski definition) is 3. The number of nitrogens with zero attached hydrogens (tertiary/aromatic N) is 2. The third kappa shape index (κ3) is 5.02. The summed E-state index contributed by atoms with van der Waals surface area (Å²) in [5.41, 5.74) is 1.82. The molecule has 1 aliphatic heterocycles. The molecule has 3 aromatic rings. The van der Waals surface area contributed by atoms with Crippen LogP contribution in [0.2, 0.25) is 0 Å². The second-order valence-electron chi connectivity index (χ2n) is 8.81. The third-order valence-corrected chi connectivity index (χ3v) is 5.70. The van der Waals surface area contributed by atoms with Crippen molar-refractivity contribution in [3.05, 3.63) is 65.5 Å². The van der Waals surface area contributed by atoms with Gasteiger partial charge in [0.1, 0.15) is 0 Å². The summed E-state index contributed by atoms with van der Waals surface area (Å²) in [7, 11) is 0. The highest BCUT2D eigenvalue weighted by Crippen LogP contribution is 2.31. The number of aromatic amines is 1. The number of nitrogens with one attached hydrogen (secondary N) is 2. The molecule has 0 saturated carbocycles. The first-order valence-corrected chi connectivity index (χ1v) is 10.8. The number of alkyl halides is 3. The van der Waals surface area contributed by atoms with Crippen LogP contribution in [0.4, 0.5) is 13.2 Å². The lowest BCUT2D eigenvalue weighted by molar-refractivity contribution is -0.144. The highest BCUT2D eigenvalue weighted by atomic mass is 19.4. The summed E-state index contributed by atoms with van der Waals surface area (Å²) in [5, 5.41) is 3.01. The van der Waals surface area contributed by atoms with E-state index >= 15 is 0 Å². The zero-order chi connectivity index (χ0) is 23.8. The second kappa shape index (κ2) is 8.88. The van der Waals surface area contributed by atoms with Crippen molar-refractivity contribution >= 4 is 22.8 Å². The van der Waals surface area contributed by atoms with Gasteiger partial charge in [0.15, 0.2) is 0 Å². The first-order chi connectivity index (χ1) is 15.6. The molecular weight excluding hydrogens is 433 g/mol. The van der Waals surface area contributed by atoms with Crippen LogP contribution in [0.5, 0.6) is 0 Å². The van der Waals surface area contributed by atoms with E-state index in [9.17, 15) is 22.8 Å². The average Bonchev–Trinajstić information content (AvgIpc) is 3.35. The number of benzene rings is 2. The summed E-state index contributed by atoms with van der Waals surface area (Å²) >= 11 is 0. The monoisotopic (exact) mass is 458 g/mol. The van der Waals surface area contributed by atoms with Gasteiger partial charge in [-0.05, 0) is 29.2 Å². The van der Waals surface area contributed by atoms with Gasteiger partial charge in [-0.2, -0.15) is 13.2 Å². The van der Waals surface area contributed by atoms with Crippen LogP contribution < -0.4 is 5.32 Å². The Morgan fingerprint density at radius 2 is 1.91 bits per heavy atom. The molecule has 1 fully saturated rings. The molecule has 0 bridgehead atoms. The van der Waals surface area contributed by atoms with E-state index in [1.165, 1.54) is 6.07 Å². The van der Waals surface area contributed by atoms with Crippen molar-refractivity contribution in [2.45, 2.75) is 32.5 Å². The van der Waals surface area contributed by atoms with E-state index in [-0.39, 0.29) is 29.3 Å². The summed E-state index contributed by atoms with van der Waals surface area (Å²) in [6.45, 7) is 4.99. The fraction of sp³-hybridized carbons (Fsp3) is 0.375. The van der Waals surface area contributed by atoms with Crippen LogP contribution in [-0.4, -0.2) is 39.8 Å². The second-order valence-corrected chi connectivity index (χ2v) is 8.81. The Labute approximate surface area is 189 Å². The molecule has 0 radical (unpaired) electrons. The molecule has 0 spiro atoms. The van der Waals surface area contributed by atoms with Gasteiger partial charge in [-0.25, -0.2) is 4.98 Å². The number of carbonyl (C=O) groups is 2. The summed E-state index contributed by atoms with van der Waals surface area (Å²) < 4.78 is 39.2. The summed E-state index contributed by atoms with van der Waals surface area (Å²) in [6.07, 6.45) is -4.43. The van der Waals surface area contributed by atoms with E-state index in [1.807, 2.05) is 44.2 Å². The van der Waals surface area contributed by atoms with Crippen molar-refractivity contribution in [2.75, 3.05) is 13.1 Å². The largest absolute Gasteiger partial charge is 0.449 e. The van der Waals surface area contributed by atoms with Crippen LogP contribution in [0, 0.1) is 11.8 Å². The van der Waals surface area contributed by atoms with E-state index in [0.717, 1.165) is 5.56 Å². The number of imidazole rings is 1. The highest BCUT2D eigenvalue weighted by Gasteiger charge is 2.36. The summed E-state index contributed by atoms with van der Waals surface area (Å²) in [6, 6.07) is 13.3. The molecule has 4 rings (SSSR count). The van der Waals surface area contributed by atoms with Gasteiger partial charge in [-0.15, -0.1) is 0 Å². The Morgan fingerprint density at radius 3 is 2.58 bits per heavy atom. The van der Waals surface area contributed by atoms with Crippen molar-refractivity contribution in [3.8, 4) is 0 Å². The molecule has 6 nitrogen and oxygen atoms in total. The maximum atomic E-state index is 13.1. The van der Waals surface area contributed by atoms with E-state index in [1.54, 1.807) is 17.0 Å². The number of rotatable bonds is 6. The van der Waals surface area contributed by atoms with Gasteiger partial charge in [0.2, 0.25) is 17.6 Å². The zero-order valence-corrected chi connectivity index (χ0v) is 18.3. The molecule has 174 valence electrons. The Bertz CT molecular complexity index is 1160. The summed E-state index contributed by atoms with van der Waals surface area (Å²) in [5.74, 6) is -1.54.